The van der Waals surface area contributed by atoms with Crippen molar-refractivity contribution in [2.45, 2.75) is 53.3 Å². The molecule has 2 saturated carbocycles. The van der Waals surface area contributed by atoms with Crippen molar-refractivity contribution in [3.63, 3.8) is 0 Å². The molecule has 0 aromatic heterocycles. The van der Waals surface area contributed by atoms with Crippen LogP contribution in [-0.4, -0.2) is 71.0 Å². The van der Waals surface area contributed by atoms with E-state index in [1.54, 1.807) is 0 Å². The van der Waals surface area contributed by atoms with E-state index in [2.05, 4.69) is 45.3 Å². The normalized spacial score (nSPS) is 34.0. The third-order valence-corrected chi connectivity index (χ3v) is 6.01. The molecule has 0 N–H and O–H groups in total. The van der Waals surface area contributed by atoms with Gasteiger partial charge in [-0.25, -0.2) is 23.6 Å². The van der Waals surface area contributed by atoms with E-state index in [1.165, 1.54) is 0 Å². The second-order valence-electron chi connectivity index (χ2n) is 8.11. The lowest BCUT2D eigenvalue weighted by molar-refractivity contribution is -0.502. The van der Waals surface area contributed by atoms with Gasteiger partial charge in [0.05, 0.1) is 6.42 Å². The lowest BCUT2D eigenvalue weighted by atomic mass is 9.53. The molecule has 2 fully saturated rings. The van der Waals surface area contributed by atoms with E-state index in [-0.39, 0.29) is 24.3 Å². The fraction of sp³-hybridized carbons (Fsp3) is 0.455. The second kappa shape index (κ2) is 9.23. The summed E-state index contributed by atoms with van der Waals surface area (Å²) >= 11 is 0. The number of hydrogen-bond acceptors (Lipinski definition) is 8. The van der Waals surface area contributed by atoms with Crippen LogP contribution in [0.1, 0.15) is 12.8 Å². The number of carbonyl (C=O) groups excluding carboxylic acids is 4. The van der Waals surface area contributed by atoms with Crippen molar-refractivity contribution in [1.29, 1.82) is 0 Å². The molecule has 0 aromatic rings. The summed E-state index contributed by atoms with van der Waals surface area (Å²) in [5.74, 6) is -32.6. The second-order valence-corrected chi connectivity index (χ2v) is 8.11. The van der Waals surface area contributed by atoms with E-state index in [4.69, 9.17) is 0 Å². The van der Waals surface area contributed by atoms with Gasteiger partial charge in [0.25, 0.3) is 0 Å². The summed E-state index contributed by atoms with van der Waals surface area (Å²) in [6.07, 6.45) is -4.97. The molecular weight excluding hydrogens is 544 g/mol. The molecule has 2 aliphatic rings. The van der Waals surface area contributed by atoms with Crippen LogP contribution in [0, 0.1) is 0 Å². The molecule has 2 aliphatic carbocycles. The average Bonchev–Trinajstić information content (AvgIpc) is 2.83. The maximum Gasteiger partial charge on any atom is 0.367 e. The molecule has 0 amide bonds. The van der Waals surface area contributed by atoms with Gasteiger partial charge in [-0.1, -0.05) is 26.3 Å². The minimum atomic E-state index is -6.49. The Morgan fingerprint density at radius 3 is 1.47 bits per heavy atom. The van der Waals surface area contributed by atoms with Gasteiger partial charge in [0.15, 0.2) is 5.60 Å². The number of carbonyl (C=O) groups is 4. The molecule has 0 heterocycles. The van der Waals surface area contributed by atoms with Crippen LogP contribution in [0.25, 0.3) is 0 Å². The molecule has 8 nitrogen and oxygen atoms in total. The van der Waals surface area contributed by atoms with Gasteiger partial charge in [0.2, 0.25) is 5.60 Å². The summed E-state index contributed by atoms with van der Waals surface area (Å²) < 4.78 is 143. The van der Waals surface area contributed by atoms with Crippen molar-refractivity contribution >= 4 is 23.9 Å². The molecule has 0 saturated heterocycles. The number of alkyl halides is 8. The fourth-order valence-electron chi connectivity index (χ4n) is 4.38. The van der Waals surface area contributed by atoms with Crippen molar-refractivity contribution in [1.82, 2.24) is 0 Å². The first-order valence-corrected chi connectivity index (χ1v) is 10.1. The van der Waals surface area contributed by atoms with Crippen molar-refractivity contribution in [2.75, 3.05) is 6.67 Å². The van der Waals surface area contributed by atoms with Crippen molar-refractivity contribution in [2.24, 2.45) is 0 Å². The summed E-state index contributed by atoms with van der Waals surface area (Å²) in [5.41, 5.74) is -15.0. The standard InChI is InChI=1S/C22H18F8O8/c1-5-12(31)35-16-9-17(11-23,36-13(32)6-2)21(27,28)19(20(16,25)26,38-15(34)8-4)22(29,30)18(24,10-16)37-14(33)7-3/h5-8H,1-4,9-11H2. The Kier molecular flexibility index (Phi) is 7.41. The molecule has 16 heteroatoms. The van der Waals surface area contributed by atoms with Crippen LogP contribution < -0.4 is 0 Å². The first kappa shape index (κ1) is 30.5. The molecule has 0 radical (unpaired) electrons. The Morgan fingerprint density at radius 1 is 0.605 bits per heavy atom. The quantitative estimate of drug-likeness (QED) is 0.182. The predicted octanol–water partition coefficient (Wildman–Crippen LogP) is 3.47. The number of ether oxygens (including phenoxy) is 4. The molecule has 4 atom stereocenters. The summed E-state index contributed by atoms with van der Waals surface area (Å²) in [7, 11) is 0. The number of fused-ring (bicyclic) bond motifs is 2. The van der Waals surface area contributed by atoms with Gasteiger partial charge in [-0.05, 0) is 0 Å². The summed E-state index contributed by atoms with van der Waals surface area (Å²) in [6.45, 7) is 8.40. The third kappa shape index (κ3) is 3.63. The van der Waals surface area contributed by atoms with E-state index in [0.29, 0.717) is 0 Å². The van der Waals surface area contributed by atoms with Crippen LogP contribution in [-0.2, 0) is 38.1 Å². The smallest absolute Gasteiger partial charge is 0.367 e. The molecule has 2 bridgehead atoms. The van der Waals surface area contributed by atoms with Crippen LogP contribution in [0.4, 0.5) is 35.1 Å². The van der Waals surface area contributed by atoms with Crippen LogP contribution >= 0.6 is 0 Å². The first-order chi connectivity index (χ1) is 17.3. The van der Waals surface area contributed by atoms with Gasteiger partial charge in [-0.15, -0.1) is 0 Å². The number of rotatable bonds is 9. The molecule has 0 spiro atoms. The lowest BCUT2D eigenvalue weighted by Crippen LogP contribution is -2.93. The number of halogens is 8. The summed E-state index contributed by atoms with van der Waals surface area (Å²) in [4.78, 5) is 47.5. The zero-order chi connectivity index (χ0) is 29.6. The first-order valence-electron chi connectivity index (χ1n) is 10.1. The largest absolute Gasteiger partial charge is 0.449 e. The molecule has 38 heavy (non-hydrogen) atoms. The monoisotopic (exact) mass is 562 g/mol. The van der Waals surface area contributed by atoms with Crippen LogP contribution in [0.15, 0.2) is 50.6 Å². The molecular formula is C22H18F8O8. The van der Waals surface area contributed by atoms with Gasteiger partial charge in [0.1, 0.15) is 6.67 Å². The Labute approximate surface area is 208 Å². The summed E-state index contributed by atoms with van der Waals surface area (Å²) in [5, 5.41) is 0. The Bertz CT molecular complexity index is 1100. The van der Waals surface area contributed by atoms with Crippen LogP contribution in [0.2, 0.25) is 0 Å². The summed E-state index contributed by atoms with van der Waals surface area (Å²) in [6, 6.07) is 0. The highest BCUT2D eigenvalue weighted by Gasteiger charge is 3.03. The Hall–Kier alpha value is -3.72. The van der Waals surface area contributed by atoms with E-state index in [0.717, 1.165) is 0 Å². The minimum absolute atomic E-state index is 0.0423. The van der Waals surface area contributed by atoms with E-state index in [1.807, 2.05) is 0 Å². The van der Waals surface area contributed by atoms with E-state index >= 15 is 30.7 Å². The maximum atomic E-state index is 16.1. The van der Waals surface area contributed by atoms with Gasteiger partial charge in [-0.3, -0.25) is 0 Å². The lowest BCUT2D eigenvalue weighted by Gasteiger charge is -2.65. The topological polar surface area (TPSA) is 105 Å². The Balaban J connectivity index is 3.20. The van der Waals surface area contributed by atoms with Crippen molar-refractivity contribution in [3.8, 4) is 0 Å². The van der Waals surface area contributed by atoms with Gasteiger partial charge < -0.3 is 18.9 Å². The minimum Gasteiger partial charge on any atom is -0.449 e. The van der Waals surface area contributed by atoms with Crippen molar-refractivity contribution in [3.05, 3.63) is 50.6 Å². The maximum absolute atomic E-state index is 16.1. The van der Waals surface area contributed by atoms with E-state index < -0.39 is 83.8 Å². The highest BCUT2D eigenvalue weighted by molar-refractivity contribution is 5.84. The highest BCUT2D eigenvalue weighted by Crippen LogP contribution is 2.74. The number of hydrogen-bond donors (Lipinski definition) is 0. The molecule has 210 valence electrons. The van der Waals surface area contributed by atoms with E-state index in [9.17, 15) is 23.6 Å². The van der Waals surface area contributed by atoms with Crippen LogP contribution in [0.3, 0.4) is 0 Å². The SMILES string of the molecule is C=CC(=O)OC1(F)CC2(OC(=O)C=C)CC(CF)(OC(=O)C=C)C(F)(F)C(OC(=O)C=C)(C1(F)F)C2(F)F. The highest BCUT2D eigenvalue weighted by atomic mass is 19.3. The van der Waals surface area contributed by atoms with Gasteiger partial charge in [0, 0.05) is 30.7 Å². The molecule has 0 aliphatic heterocycles. The van der Waals surface area contributed by atoms with Crippen LogP contribution in [0.5, 0.6) is 0 Å². The van der Waals surface area contributed by atoms with Crippen molar-refractivity contribution < 1.29 is 73.2 Å². The van der Waals surface area contributed by atoms with Gasteiger partial charge in [-0.2, -0.15) is 30.7 Å². The fourth-order valence-corrected chi connectivity index (χ4v) is 4.38. The number of esters is 4. The van der Waals surface area contributed by atoms with Gasteiger partial charge >= 0.3 is 53.1 Å². The predicted molar refractivity (Wildman–Crippen MR) is 107 cm³/mol. The third-order valence-electron chi connectivity index (χ3n) is 6.01. The average molecular weight is 562 g/mol. The molecule has 0 aromatic carbocycles. The zero-order valence-electron chi connectivity index (χ0n) is 19.0. The Morgan fingerprint density at radius 2 is 1.03 bits per heavy atom. The zero-order valence-corrected chi connectivity index (χ0v) is 19.0. The molecule has 2 rings (SSSR count). The molecule has 4 unspecified atom stereocenters.